The lowest BCUT2D eigenvalue weighted by Gasteiger charge is -1.89. The normalized spacial score (nSPS) is 8.46. The number of nitrogen functional groups attached to an aromatic ring is 1. The molecule has 0 aromatic heterocycles. The van der Waals surface area contributed by atoms with Gasteiger partial charge in [0.25, 0.3) is 0 Å². The lowest BCUT2D eigenvalue weighted by atomic mass is 10.2. The highest BCUT2D eigenvalue weighted by molar-refractivity contribution is 5.75. The molecule has 0 aliphatic heterocycles. The van der Waals surface area contributed by atoms with E-state index in [1.54, 1.807) is 24.3 Å². The molecule has 0 unspecified atom stereocenters. The Morgan fingerprint density at radius 3 is 1.92 bits per heavy atom. The van der Waals surface area contributed by atoms with Gasteiger partial charge in [-0.25, -0.2) is 0 Å². The molecule has 72 valence electrons. The molecule has 0 heterocycles. The molecule has 0 spiro atoms. The van der Waals surface area contributed by atoms with Crippen LogP contribution < -0.4 is 5.73 Å². The van der Waals surface area contributed by atoms with E-state index in [0.29, 0.717) is 11.3 Å². The van der Waals surface area contributed by atoms with E-state index in [1.807, 2.05) is 0 Å². The minimum atomic E-state index is -0.125. The molecule has 4 heteroatoms. The number of carbonyl (C=O) groups excluding carboxylic acids is 1. The fourth-order valence-electron chi connectivity index (χ4n) is 0.575. The monoisotopic (exact) mass is 183 g/mol. The zero-order valence-electron chi connectivity index (χ0n) is 7.18. The van der Waals surface area contributed by atoms with Crippen LogP contribution in [-0.2, 0) is 0 Å². The Balaban J connectivity index is 0.000000310. The Bertz CT molecular complexity index is 231. The number of aldehydes is 1. The maximum absolute atomic E-state index is 10.1. The third kappa shape index (κ3) is 5.84. The van der Waals surface area contributed by atoms with E-state index in [2.05, 4.69) is 0 Å². The average molecular weight is 183 g/mol. The summed E-state index contributed by atoms with van der Waals surface area (Å²) < 4.78 is 0. The van der Waals surface area contributed by atoms with Crippen LogP contribution in [0.5, 0.6) is 0 Å². The van der Waals surface area contributed by atoms with Crippen molar-refractivity contribution in [2.75, 3.05) is 18.9 Å². The van der Waals surface area contributed by atoms with Crippen molar-refractivity contribution in [3.8, 4) is 0 Å². The third-order valence-corrected chi connectivity index (χ3v) is 1.17. The van der Waals surface area contributed by atoms with Crippen LogP contribution in [0, 0.1) is 0 Å². The number of aliphatic hydroxyl groups excluding tert-OH is 2. The first-order valence-corrected chi connectivity index (χ1v) is 3.77. The number of carbonyl (C=O) groups is 1. The minimum Gasteiger partial charge on any atom is -0.399 e. The van der Waals surface area contributed by atoms with Gasteiger partial charge in [0.15, 0.2) is 0 Å². The van der Waals surface area contributed by atoms with Crippen molar-refractivity contribution < 1.29 is 15.0 Å². The highest BCUT2D eigenvalue weighted by atomic mass is 16.3. The Morgan fingerprint density at radius 2 is 1.62 bits per heavy atom. The summed E-state index contributed by atoms with van der Waals surface area (Å²) in [4.78, 5) is 10.1. The van der Waals surface area contributed by atoms with Crippen molar-refractivity contribution in [3.63, 3.8) is 0 Å². The van der Waals surface area contributed by atoms with Gasteiger partial charge in [-0.05, 0) is 24.3 Å². The average Bonchev–Trinajstić information content (AvgIpc) is 2.19. The summed E-state index contributed by atoms with van der Waals surface area (Å²) in [6.45, 7) is -0.250. The summed E-state index contributed by atoms with van der Waals surface area (Å²) in [5.41, 5.74) is 6.70. The van der Waals surface area contributed by atoms with Crippen molar-refractivity contribution in [1.29, 1.82) is 0 Å². The predicted molar refractivity (Wildman–Crippen MR) is 50.4 cm³/mol. The highest BCUT2D eigenvalue weighted by Gasteiger charge is 1.85. The molecule has 1 rings (SSSR count). The second kappa shape index (κ2) is 7.27. The molecule has 0 aliphatic rings. The van der Waals surface area contributed by atoms with Crippen molar-refractivity contribution in [3.05, 3.63) is 29.8 Å². The Labute approximate surface area is 76.6 Å². The topological polar surface area (TPSA) is 83.6 Å². The fourth-order valence-corrected chi connectivity index (χ4v) is 0.575. The van der Waals surface area contributed by atoms with Gasteiger partial charge in [-0.3, -0.25) is 4.79 Å². The lowest BCUT2D eigenvalue weighted by Crippen LogP contribution is -1.85. The predicted octanol–water partition coefficient (Wildman–Crippen LogP) is 0.0523. The minimum absolute atomic E-state index is 0.125. The van der Waals surface area contributed by atoms with Crippen LogP contribution in [0.25, 0.3) is 0 Å². The summed E-state index contributed by atoms with van der Waals surface area (Å²) >= 11 is 0. The number of benzene rings is 1. The number of rotatable bonds is 2. The van der Waals surface area contributed by atoms with E-state index < -0.39 is 0 Å². The zero-order valence-corrected chi connectivity index (χ0v) is 7.18. The maximum Gasteiger partial charge on any atom is 0.150 e. The fraction of sp³-hybridized carbons (Fsp3) is 0.222. The van der Waals surface area contributed by atoms with Crippen LogP contribution in [0.4, 0.5) is 5.69 Å². The smallest absolute Gasteiger partial charge is 0.150 e. The molecule has 4 nitrogen and oxygen atoms in total. The van der Waals surface area contributed by atoms with Crippen LogP contribution in [0.15, 0.2) is 24.3 Å². The number of nitrogens with two attached hydrogens (primary N) is 1. The standard InChI is InChI=1S/C7H7NO.C2H6O2/c8-7-3-1-6(5-9)2-4-7;3-1-2-4/h1-5H,8H2;3-4H,1-2H2. The molecule has 0 fully saturated rings. The SMILES string of the molecule is Nc1ccc(C=O)cc1.OCCO. The molecule has 0 saturated heterocycles. The second-order valence-corrected chi connectivity index (χ2v) is 2.23. The van der Waals surface area contributed by atoms with E-state index in [9.17, 15) is 4.79 Å². The third-order valence-electron chi connectivity index (χ3n) is 1.17. The summed E-state index contributed by atoms with van der Waals surface area (Å²) in [5.74, 6) is 0. The summed E-state index contributed by atoms with van der Waals surface area (Å²) in [6.07, 6.45) is 0.791. The first-order chi connectivity index (χ1) is 6.24. The first kappa shape index (κ1) is 11.6. The quantitative estimate of drug-likeness (QED) is 0.447. The van der Waals surface area contributed by atoms with E-state index in [4.69, 9.17) is 15.9 Å². The summed E-state index contributed by atoms with van der Waals surface area (Å²) in [7, 11) is 0. The van der Waals surface area contributed by atoms with Crippen LogP contribution in [0.3, 0.4) is 0 Å². The molecule has 0 saturated carbocycles. The van der Waals surface area contributed by atoms with E-state index in [1.165, 1.54) is 0 Å². The second-order valence-electron chi connectivity index (χ2n) is 2.23. The number of anilines is 1. The molecule has 1 aromatic carbocycles. The zero-order chi connectivity index (χ0) is 10.1. The highest BCUT2D eigenvalue weighted by Crippen LogP contribution is 2.01. The van der Waals surface area contributed by atoms with Crippen molar-refractivity contribution in [2.45, 2.75) is 0 Å². The van der Waals surface area contributed by atoms with Crippen LogP contribution in [-0.4, -0.2) is 29.7 Å². The molecule has 0 amide bonds. The van der Waals surface area contributed by atoms with Gasteiger partial charge in [0.1, 0.15) is 6.29 Å². The first-order valence-electron chi connectivity index (χ1n) is 3.77. The lowest BCUT2D eigenvalue weighted by molar-refractivity contribution is 0.112. The van der Waals surface area contributed by atoms with Crippen molar-refractivity contribution in [2.24, 2.45) is 0 Å². The Hall–Kier alpha value is -1.39. The van der Waals surface area contributed by atoms with Crippen LogP contribution in [0.1, 0.15) is 10.4 Å². The van der Waals surface area contributed by atoms with Crippen molar-refractivity contribution in [1.82, 2.24) is 0 Å². The molecule has 1 aromatic rings. The van der Waals surface area contributed by atoms with Gasteiger partial charge >= 0.3 is 0 Å². The van der Waals surface area contributed by atoms with E-state index in [0.717, 1.165) is 6.29 Å². The molecule has 0 bridgehead atoms. The van der Waals surface area contributed by atoms with E-state index >= 15 is 0 Å². The molecule has 0 aliphatic carbocycles. The van der Waals surface area contributed by atoms with Gasteiger partial charge < -0.3 is 15.9 Å². The number of hydrogen-bond acceptors (Lipinski definition) is 4. The maximum atomic E-state index is 10.1. The van der Waals surface area contributed by atoms with Gasteiger partial charge in [-0.1, -0.05) is 0 Å². The summed E-state index contributed by atoms with van der Waals surface area (Å²) in [5, 5.41) is 15.2. The molecule has 0 atom stereocenters. The van der Waals surface area contributed by atoms with Gasteiger partial charge in [-0.2, -0.15) is 0 Å². The molecule has 13 heavy (non-hydrogen) atoms. The van der Waals surface area contributed by atoms with Gasteiger partial charge in [0.05, 0.1) is 13.2 Å². The van der Waals surface area contributed by atoms with Crippen LogP contribution in [0.2, 0.25) is 0 Å². The van der Waals surface area contributed by atoms with Crippen LogP contribution >= 0.6 is 0 Å². The Morgan fingerprint density at radius 1 is 1.15 bits per heavy atom. The molecule has 4 N–H and O–H groups in total. The van der Waals surface area contributed by atoms with Gasteiger partial charge in [-0.15, -0.1) is 0 Å². The van der Waals surface area contributed by atoms with Gasteiger partial charge in [0, 0.05) is 11.3 Å². The summed E-state index contributed by atoms with van der Waals surface area (Å²) in [6, 6.07) is 6.76. The number of aliphatic hydroxyl groups is 2. The molecule has 0 radical (unpaired) electrons. The van der Waals surface area contributed by atoms with Crippen molar-refractivity contribution >= 4 is 12.0 Å². The van der Waals surface area contributed by atoms with E-state index in [-0.39, 0.29) is 13.2 Å². The largest absolute Gasteiger partial charge is 0.399 e. The molecular weight excluding hydrogens is 170 g/mol. The Kier molecular flexibility index (Phi) is 6.49. The van der Waals surface area contributed by atoms with Gasteiger partial charge in [0.2, 0.25) is 0 Å². The molecular formula is C9H13NO3. The number of hydrogen-bond donors (Lipinski definition) is 3.